The molecule has 4 heteroatoms. The normalized spacial score (nSPS) is 14.3. The second-order valence-electron chi connectivity index (χ2n) is 3.25. The Kier molecular flexibility index (Phi) is 4.25. The van der Waals surface area contributed by atoms with Crippen LogP contribution in [0.4, 0.5) is 4.39 Å². The van der Waals surface area contributed by atoms with E-state index in [1.54, 1.807) is 0 Å². The van der Waals surface area contributed by atoms with E-state index in [1.807, 2.05) is 13.0 Å². The molecule has 1 aromatic carbocycles. The van der Waals surface area contributed by atoms with Crippen molar-refractivity contribution in [1.82, 2.24) is 0 Å². The lowest BCUT2D eigenvalue weighted by Crippen LogP contribution is -2.10. The molecule has 1 aromatic rings. The molecular weight excluding hydrogens is 261 g/mol. The summed E-state index contributed by atoms with van der Waals surface area (Å²) < 4.78 is 13.6. The summed E-state index contributed by atoms with van der Waals surface area (Å²) >= 11 is 3.22. The van der Waals surface area contributed by atoms with Crippen molar-refractivity contribution in [3.8, 4) is 6.07 Å². The van der Waals surface area contributed by atoms with E-state index in [-0.39, 0.29) is 0 Å². The van der Waals surface area contributed by atoms with Crippen LogP contribution in [0.1, 0.15) is 25.0 Å². The van der Waals surface area contributed by atoms with Gasteiger partial charge in [-0.1, -0.05) is 22.9 Å². The zero-order valence-electron chi connectivity index (χ0n) is 8.24. The van der Waals surface area contributed by atoms with Gasteiger partial charge in [-0.3, -0.25) is 0 Å². The predicted octanol–water partition coefficient (Wildman–Crippen LogP) is 3.17. The molecule has 2 nitrogen and oxygen atoms in total. The van der Waals surface area contributed by atoms with Gasteiger partial charge in [0.1, 0.15) is 5.82 Å². The van der Waals surface area contributed by atoms with Crippen LogP contribution in [0.3, 0.4) is 0 Å². The van der Waals surface area contributed by atoms with Crippen LogP contribution in [0.2, 0.25) is 0 Å². The summed E-state index contributed by atoms with van der Waals surface area (Å²) in [5.74, 6) is -0.928. The lowest BCUT2D eigenvalue weighted by atomic mass is 9.95. The average molecular weight is 272 g/mol. The first-order valence-electron chi connectivity index (χ1n) is 4.62. The van der Waals surface area contributed by atoms with Crippen LogP contribution in [0.25, 0.3) is 0 Å². The standard InChI is InChI=1S/C11H11BrFNO/c1-2-7(6-14)11(15)9-5-8(13)3-4-10(9)12/h3-5,7,11,15H,2H2,1H3. The molecule has 2 atom stereocenters. The summed E-state index contributed by atoms with van der Waals surface area (Å²) in [7, 11) is 0. The summed E-state index contributed by atoms with van der Waals surface area (Å²) in [4.78, 5) is 0. The molecule has 0 fully saturated rings. The van der Waals surface area contributed by atoms with Gasteiger partial charge in [0.25, 0.3) is 0 Å². The molecule has 0 amide bonds. The molecule has 0 bridgehead atoms. The minimum atomic E-state index is -0.954. The Bertz CT molecular complexity index is 389. The van der Waals surface area contributed by atoms with Gasteiger partial charge >= 0.3 is 0 Å². The maximum Gasteiger partial charge on any atom is 0.123 e. The molecule has 0 aliphatic heterocycles. The number of aliphatic hydroxyl groups excluding tert-OH is 1. The molecule has 2 unspecified atom stereocenters. The van der Waals surface area contributed by atoms with Crippen LogP contribution in [0.15, 0.2) is 22.7 Å². The van der Waals surface area contributed by atoms with E-state index in [2.05, 4.69) is 15.9 Å². The number of hydrogen-bond acceptors (Lipinski definition) is 2. The quantitative estimate of drug-likeness (QED) is 0.918. The number of nitrogens with zero attached hydrogens (tertiary/aromatic N) is 1. The third-order valence-electron chi connectivity index (χ3n) is 2.26. The van der Waals surface area contributed by atoms with Gasteiger partial charge in [-0.05, 0) is 30.2 Å². The highest BCUT2D eigenvalue weighted by Crippen LogP contribution is 2.30. The SMILES string of the molecule is CCC(C#N)C(O)c1cc(F)ccc1Br. The third kappa shape index (κ3) is 2.77. The van der Waals surface area contributed by atoms with Crippen molar-refractivity contribution in [3.05, 3.63) is 34.1 Å². The van der Waals surface area contributed by atoms with E-state index in [0.717, 1.165) is 0 Å². The maximum atomic E-state index is 13.0. The van der Waals surface area contributed by atoms with Crippen LogP contribution >= 0.6 is 15.9 Å². The Hall–Kier alpha value is -0.920. The van der Waals surface area contributed by atoms with Crippen LogP contribution in [-0.2, 0) is 0 Å². The molecule has 1 N–H and O–H groups in total. The number of benzene rings is 1. The first kappa shape index (κ1) is 12.2. The summed E-state index contributed by atoms with van der Waals surface area (Å²) in [5, 5.41) is 18.7. The molecule has 0 aromatic heterocycles. The van der Waals surface area contributed by atoms with E-state index < -0.39 is 17.8 Å². The molecule has 0 aliphatic rings. The first-order valence-corrected chi connectivity index (χ1v) is 5.42. The van der Waals surface area contributed by atoms with E-state index in [1.165, 1.54) is 18.2 Å². The number of rotatable bonds is 3. The van der Waals surface area contributed by atoms with Crippen molar-refractivity contribution in [3.63, 3.8) is 0 Å². The second kappa shape index (κ2) is 5.24. The van der Waals surface area contributed by atoms with Gasteiger partial charge < -0.3 is 5.11 Å². The van der Waals surface area contributed by atoms with Gasteiger partial charge in [-0.2, -0.15) is 5.26 Å². The molecule has 15 heavy (non-hydrogen) atoms. The van der Waals surface area contributed by atoms with Gasteiger partial charge in [0, 0.05) is 4.47 Å². The summed E-state index contributed by atoms with van der Waals surface area (Å²) in [6, 6.07) is 6.07. The molecule has 0 saturated heterocycles. The zero-order valence-corrected chi connectivity index (χ0v) is 9.83. The van der Waals surface area contributed by atoms with Crippen molar-refractivity contribution < 1.29 is 9.50 Å². The Morgan fingerprint density at radius 2 is 2.27 bits per heavy atom. The maximum absolute atomic E-state index is 13.0. The molecular formula is C11H11BrFNO. The number of halogens is 2. The molecule has 1 rings (SSSR count). The molecule has 0 radical (unpaired) electrons. The van der Waals surface area contributed by atoms with Crippen molar-refractivity contribution in [2.45, 2.75) is 19.4 Å². The Balaban J connectivity index is 3.05. The fraction of sp³-hybridized carbons (Fsp3) is 0.364. The predicted molar refractivity (Wildman–Crippen MR) is 58.5 cm³/mol. The Morgan fingerprint density at radius 3 is 2.80 bits per heavy atom. The van der Waals surface area contributed by atoms with E-state index in [0.29, 0.717) is 16.5 Å². The highest BCUT2D eigenvalue weighted by atomic mass is 79.9. The summed E-state index contributed by atoms with van der Waals surface area (Å²) in [6.45, 7) is 1.81. The minimum absolute atomic E-state index is 0.417. The van der Waals surface area contributed by atoms with E-state index in [9.17, 15) is 9.50 Å². The zero-order chi connectivity index (χ0) is 11.4. The van der Waals surface area contributed by atoms with Gasteiger partial charge in [0.2, 0.25) is 0 Å². The lowest BCUT2D eigenvalue weighted by molar-refractivity contribution is 0.131. The number of aliphatic hydroxyl groups is 1. The smallest absolute Gasteiger partial charge is 0.123 e. The number of hydrogen-bond donors (Lipinski definition) is 1. The molecule has 0 saturated carbocycles. The van der Waals surface area contributed by atoms with Crippen molar-refractivity contribution in [2.75, 3.05) is 0 Å². The highest BCUT2D eigenvalue weighted by molar-refractivity contribution is 9.10. The van der Waals surface area contributed by atoms with Gasteiger partial charge in [-0.15, -0.1) is 0 Å². The van der Waals surface area contributed by atoms with Crippen LogP contribution in [0.5, 0.6) is 0 Å². The largest absolute Gasteiger partial charge is 0.387 e. The lowest BCUT2D eigenvalue weighted by Gasteiger charge is -2.16. The Labute approximate surface area is 96.5 Å². The number of nitriles is 1. The topological polar surface area (TPSA) is 44.0 Å². The first-order chi connectivity index (χ1) is 7.10. The molecule has 0 spiro atoms. The highest BCUT2D eigenvalue weighted by Gasteiger charge is 2.21. The van der Waals surface area contributed by atoms with Crippen molar-refractivity contribution >= 4 is 15.9 Å². The fourth-order valence-corrected chi connectivity index (χ4v) is 1.82. The van der Waals surface area contributed by atoms with E-state index in [4.69, 9.17) is 5.26 Å². The average Bonchev–Trinajstić information content (AvgIpc) is 2.23. The van der Waals surface area contributed by atoms with Crippen molar-refractivity contribution in [2.24, 2.45) is 5.92 Å². The molecule has 0 heterocycles. The van der Waals surface area contributed by atoms with Gasteiger partial charge in [0.15, 0.2) is 0 Å². The van der Waals surface area contributed by atoms with E-state index >= 15 is 0 Å². The van der Waals surface area contributed by atoms with Crippen molar-refractivity contribution in [1.29, 1.82) is 5.26 Å². The van der Waals surface area contributed by atoms with Crippen LogP contribution in [-0.4, -0.2) is 5.11 Å². The monoisotopic (exact) mass is 271 g/mol. The van der Waals surface area contributed by atoms with Gasteiger partial charge in [-0.25, -0.2) is 4.39 Å². The Morgan fingerprint density at radius 1 is 1.60 bits per heavy atom. The van der Waals surface area contributed by atoms with Crippen LogP contribution < -0.4 is 0 Å². The molecule has 80 valence electrons. The second-order valence-corrected chi connectivity index (χ2v) is 4.11. The minimum Gasteiger partial charge on any atom is -0.387 e. The summed E-state index contributed by atoms with van der Waals surface area (Å²) in [5.41, 5.74) is 0.420. The van der Waals surface area contributed by atoms with Crippen LogP contribution in [0, 0.1) is 23.1 Å². The third-order valence-corrected chi connectivity index (χ3v) is 2.99. The fourth-order valence-electron chi connectivity index (χ4n) is 1.34. The summed E-state index contributed by atoms with van der Waals surface area (Å²) in [6.07, 6.45) is -0.425. The van der Waals surface area contributed by atoms with Gasteiger partial charge in [0.05, 0.1) is 18.1 Å². The molecule has 0 aliphatic carbocycles.